The summed E-state index contributed by atoms with van der Waals surface area (Å²) in [6.07, 6.45) is 10.1. The van der Waals surface area contributed by atoms with Gasteiger partial charge >= 0.3 is 0 Å². The molecule has 7 N–H and O–H groups in total. The third-order valence-corrected chi connectivity index (χ3v) is 13.8. The molecule has 1 aliphatic heterocycles. The monoisotopic (exact) mass is 1210 g/mol. The van der Waals surface area contributed by atoms with Gasteiger partial charge in [0.05, 0.1) is 125 Å². The predicted molar refractivity (Wildman–Crippen MR) is 315 cm³/mol. The summed E-state index contributed by atoms with van der Waals surface area (Å²) < 4.78 is 51.4. The summed E-state index contributed by atoms with van der Waals surface area (Å²) >= 11 is 0. The molecule has 1 saturated carbocycles. The number of imide groups is 1. The second-order valence-electron chi connectivity index (χ2n) is 20.5. The molecule has 86 heavy (non-hydrogen) atoms. The minimum atomic E-state index is -1.03. The first-order chi connectivity index (χ1) is 42.0. The lowest BCUT2D eigenvalue weighted by molar-refractivity contribution is -0.138. The molecule has 0 radical (unpaired) electrons. The van der Waals surface area contributed by atoms with Gasteiger partial charge in [-0.2, -0.15) is 0 Å². The number of aryl methyl sites for hydroxylation is 1. The maximum Gasteiger partial charge on any atom is 0.253 e. The molecule has 26 heteroatoms. The summed E-state index contributed by atoms with van der Waals surface area (Å²) in [5.74, 6) is -2.40. The molecule has 1 aromatic heterocycles. The summed E-state index contributed by atoms with van der Waals surface area (Å²) in [6.45, 7) is 9.41. The summed E-state index contributed by atoms with van der Waals surface area (Å²) in [5, 5.41) is 22.3. The van der Waals surface area contributed by atoms with Crippen LogP contribution in [0.15, 0.2) is 72.9 Å². The number of unbranched alkanes of at least 4 members (excludes halogenated alkanes) is 1. The van der Waals surface area contributed by atoms with E-state index in [1.54, 1.807) is 10.9 Å². The van der Waals surface area contributed by atoms with E-state index >= 15 is 0 Å². The van der Waals surface area contributed by atoms with Crippen LogP contribution in [0, 0.1) is 11.8 Å². The van der Waals surface area contributed by atoms with E-state index in [1.165, 1.54) is 17.1 Å². The van der Waals surface area contributed by atoms with Gasteiger partial charge in [-0.1, -0.05) is 54.6 Å². The number of carbonyl (C=O) groups is 7. The van der Waals surface area contributed by atoms with Gasteiger partial charge in [-0.05, 0) is 87.1 Å². The van der Waals surface area contributed by atoms with Crippen molar-refractivity contribution in [3.63, 3.8) is 0 Å². The molecule has 2 atom stereocenters. The number of anilines is 1. The molecule has 476 valence electrons. The molecule has 0 saturated heterocycles. The number of benzene rings is 2. The van der Waals surface area contributed by atoms with Crippen molar-refractivity contribution < 1.29 is 76.2 Å². The second kappa shape index (κ2) is 43.1. The summed E-state index contributed by atoms with van der Waals surface area (Å²) in [4.78, 5) is 90.2. The van der Waals surface area contributed by atoms with Gasteiger partial charge in [0.15, 0.2) is 0 Å². The van der Waals surface area contributed by atoms with E-state index in [-0.39, 0.29) is 68.2 Å². The van der Waals surface area contributed by atoms with E-state index in [0.717, 1.165) is 30.4 Å². The van der Waals surface area contributed by atoms with Crippen LogP contribution in [-0.2, 0) is 102 Å². The number of carbonyl (C=O) groups excluding carboxylic acids is 7. The Balaban J connectivity index is 0.750. The fraction of sp³-hybridized carbons (Fsp3) is 0.617. The van der Waals surface area contributed by atoms with E-state index < -0.39 is 36.4 Å². The molecule has 0 unspecified atom stereocenters. The van der Waals surface area contributed by atoms with Crippen LogP contribution in [0.3, 0.4) is 0 Å². The molecule has 7 amide bonds. The Morgan fingerprint density at radius 2 is 1.16 bits per heavy atom. The number of nitrogens with two attached hydrogens (primary N) is 1. The molecule has 2 aliphatic rings. The molecular formula is C60H90N10O16. The van der Waals surface area contributed by atoms with Crippen molar-refractivity contribution in [2.45, 2.75) is 89.9 Å². The van der Waals surface area contributed by atoms with Crippen molar-refractivity contribution in [2.24, 2.45) is 17.6 Å². The smallest absolute Gasteiger partial charge is 0.253 e. The van der Waals surface area contributed by atoms with Gasteiger partial charge in [-0.3, -0.25) is 38.5 Å². The van der Waals surface area contributed by atoms with Crippen molar-refractivity contribution in [2.75, 3.05) is 144 Å². The largest absolute Gasteiger partial charge is 0.377 e. The van der Waals surface area contributed by atoms with E-state index in [0.29, 0.717) is 162 Å². The molecule has 1 aliphatic carbocycles. The summed E-state index contributed by atoms with van der Waals surface area (Å²) in [6, 6.07) is 14.8. The van der Waals surface area contributed by atoms with Crippen LogP contribution < -0.4 is 32.3 Å². The summed E-state index contributed by atoms with van der Waals surface area (Å²) in [7, 11) is 0. The Kier molecular flexibility index (Phi) is 35.2. The number of hydrogen-bond donors (Lipinski definition) is 6. The number of hydrogen-bond acceptors (Lipinski definition) is 19. The molecule has 2 aromatic carbocycles. The van der Waals surface area contributed by atoms with Crippen LogP contribution in [0.25, 0.3) is 0 Å². The Morgan fingerprint density at radius 1 is 0.605 bits per heavy atom. The number of aromatic nitrogens is 3. The first-order valence-corrected chi connectivity index (χ1v) is 29.9. The van der Waals surface area contributed by atoms with Crippen molar-refractivity contribution in [1.82, 2.24) is 41.2 Å². The summed E-state index contributed by atoms with van der Waals surface area (Å²) in [5.41, 5.74) is 8.89. The van der Waals surface area contributed by atoms with E-state index in [9.17, 15) is 33.6 Å². The van der Waals surface area contributed by atoms with Gasteiger partial charge in [-0.15, -0.1) is 5.10 Å². The number of nitrogens with one attached hydrogen (secondary N) is 5. The minimum absolute atomic E-state index is 0.0217. The van der Waals surface area contributed by atoms with Gasteiger partial charge in [0, 0.05) is 43.3 Å². The number of amides is 7. The van der Waals surface area contributed by atoms with Crippen molar-refractivity contribution in [3.05, 3.63) is 89.8 Å². The molecule has 0 spiro atoms. The zero-order valence-corrected chi connectivity index (χ0v) is 49.8. The maximum absolute atomic E-state index is 13.7. The molecule has 1 fully saturated rings. The third kappa shape index (κ3) is 29.7. The minimum Gasteiger partial charge on any atom is -0.377 e. The van der Waals surface area contributed by atoms with Crippen LogP contribution in [0.5, 0.6) is 0 Å². The normalized spacial score (nSPS) is 15.6. The van der Waals surface area contributed by atoms with Crippen molar-refractivity contribution in [1.29, 1.82) is 0 Å². The van der Waals surface area contributed by atoms with Crippen molar-refractivity contribution >= 4 is 47.0 Å². The van der Waals surface area contributed by atoms with Gasteiger partial charge in [0.2, 0.25) is 29.5 Å². The Hall–Kier alpha value is -6.59. The number of rotatable bonds is 48. The number of nitrogens with zero attached hydrogens (tertiary/aromatic N) is 4. The third-order valence-electron chi connectivity index (χ3n) is 13.8. The molecule has 26 nitrogen and oxygen atoms in total. The zero-order valence-electron chi connectivity index (χ0n) is 49.8. The first-order valence-electron chi connectivity index (χ1n) is 29.9. The van der Waals surface area contributed by atoms with E-state index in [1.807, 2.05) is 61.5 Å². The maximum atomic E-state index is 13.7. The second-order valence-corrected chi connectivity index (χ2v) is 20.5. The zero-order chi connectivity index (χ0) is 61.2. The molecular weight excluding hydrogens is 1120 g/mol. The van der Waals surface area contributed by atoms with Gasteiger partial charge in [-0.25, -0.2) is 4.68 Å². The standard InChI is InChI=1S/C60H90N10O16/c1-2-46-13-17-50(18-14-46)64-59(76)52(10-6-7-21-61)66-60(77)53(40-47-8-4-3-5-9-47)65-55(72)45-86-44-54(71)62-22-24-78-26-28-80-30-32-82-34-36-84-38-39-85-37-35-83-33-31-81-29-27-79-25-23-69-43-51(67-68-69)41-63-58(75)49-15-11-48(12-16-49)42-70-56(73)19-20-57(70)74/h3-5,8-9,13-14,17-20,43,48-49,52-53H,2,6-7,10-12,15-16,21-42,44-45,61H2,1H3,(H,62,71)(H,63,75)(H,64,76)(H,65,72)(H,66,77)/t48?,49?,52-,53-/m0/s1. The quantitative estimate of drug-likeness (QED) is 0.0344. The molecule has 2 heterocycles. The fourth-order valence-corrected chi connectivity index (χ4v) is 9.06. The Morgan fingerprint density at radius 3 is 1.73 bits per heavy atom. The molecule has 5 rings (SSSR count). The number of ether oxygens (including phenoxy) is 9. The topological polar surface area (TPSA) is 323 Å². The van der Waals surface area contributed by atoms with Crippen LogP contribution in [-0.4, -0.2) is 212 Å². The average molecular weight is 1210 g/mol. The highest BCUT2D eigenvalue weighted by Crippen LogP contribution is 2.30. The van der Waals surface area contributed by atoms with Crippen LogP contribution in [0.1, 0.15) is 68.7 Å². The SMILES string of the molecule is CCc1ccc(NC(=O)[C@H](CCCCN)NC(=O)[C@H](Cc2ccccc2)NC(=O)COCC(=O)NCCOCCOCCOCCOCCOCCOCCOCCOCCn2cc(CNC(=O)C3CCC(CN4C(=O)C=CC4=O)CC3)nn2)cc1. The lowest BCUT2D eigenvalue weighted by Crippen LogP contribution is -2.54. The predicted octanol–water partition coefficient (Wildman–Crippen LogP) is 1.43. The Bertz CT molecular complexity index is 2440. The van der Waals surface area contributed by atoms with Crippen molar-refractivity contribution in [3.8, 4) is 0 Å². The highest BCUT2D eigenvalue weighted by atomic mass is 16.6. The lowest BCUT2D eigenvalue weighted by Gasteiger charge is -2.29. The van der Waals surface area contributed by atoms with Gasteiger partial charge < -0.3 is 74.9 Å². The highest BCUT2D eigenvalue weighted by Gasteiger charge is 2.32. The average Bonchev–Trinajstić information content (AvgIpc) is 4.20. The molecule has 3 aromatic rings. The van der Waals surface area contributed by atoms with Gasteiger partial charge in [0.1, 0.15) is 31.0 Å². The van der Waals surface area contributed by atoms with E-state index in [4.69, 9.17) is 48.4 Å². The first kappa shape index (κ1) is 70.2. The van der Waals surface area contributed by atoms with Gasteiger partial charge in [0.25, 0.3) is 11.8 Å². The fourth-order valence-electron chi connectivity index (χ4n) is 9.06. The van der Waals surface area contributed by atoms with Crippen LogP contribution in [0.2, 0.25) is 0 Å². The van der Waals surface area contributed by atoms with E-state index in [2.05, 4.69) is 36.9 Å². The lowest BCUT2D eigenvalue weighted by atomic mass is 9.81. The molecule has 0 bridgehead atoms. The van der Waals surface area contributed by atoms with Crippen LogP contribution in [0.4, 0.5) is 5.69 Å². The Labute approximate surface area is 503 Å². The highest BCUT2D eigenvalue weighted by molar-refractivity contribution is 6.12. The van der Waals surface area contributed by atoms with Crippen LogP contribution >= 0.6 is 0 Å².